The molecule has 0 unspecified atom stereocenters. The quantitative estimate of drug-likeness (QED) is 0.818. The zero-order valence-corrected chi connectivity index (χ0v) is 12.4. The first kappa shape index (κ1) is 13.1. The third-order valence-electron chi connectivity index (χ3n) is 2.47. The van der Waals surface area contributed by atoms with Crippen molar-refractivity contribution in [3.05, 3.63) is 4.88 Å². The van der Waals surface area contributed by atoms with Gasteiger partial charge in [0.05, 0.1) is 14.8 Å². The Labute approximate surface area is 114 Å². The van der Waals surface area contributed by atoms with E-state index in [4.69, 9.17) is 5.73 Å². The molecule has 1 saturated carbocycles. The Hall–Kier alpha value is -0.330. The number of thiophene rings is 1. The summed E-state index contributed by atoms with van der Waals surface area (Å²) in [5.41, 5.74) is 6.71. The van der Waals surface area contributed by atoms with Crippen molar-refractivity contribution in [2.24, 2.45) is 0 Å². The van der Waals surface area contributed by atoms with Crippen LogP contribution in [-0.4, -0.2) is 24.0 Å². The molecule has 94 valence electrons. The van der Waals surface area contributed by atoms with Gasteiger partial charge in [-0.1, -0.05) is 6.92 Å². The molecule has 1 aliphatic rings. The maximum Gasteiger partial charge on any atom is 0.263 e. The molecule has 1 amide bonds. The van der Waals surface area contributed by atoms with E-state index >= 15 is 0 Å². The average Bonchev–Trinajstić information content (AvgIpc) is 3.04. The molecule has 17 heavy (non-hydrogen) atoms. The number of hydrogen-bond acceptors (Lipinski definition) is 5. The molecule has 3 N–H and O–H groups in total. The molecule has 0 atom stereocenters. The molecule has 2 rings (SSSR count). The Kier molecular flexibility index (Phi) is 4.27. The third-order valence-corrected chi connectivity index (χ3v) is 5.92. The molecule has 0 bridgehead atoms. The Morgan fingerprint density at radius 1 is 1.59 bits per heavy atom. The number of amides is 1. The van der Waals surface area contributed by atoms with Gasteiger partial charge in [0, 0.05) is 6.04 Å². The molecule has 0 aromatic carbocycles. The highest BCUT2D eigenvalue weighted by atomic mass is 32.2. The molecule has 0 spiro atoms. The van der Waals surface area contributed by atoms with Crippen molar-refractivity contribution in [1.82, 2.24) is 5.32 Å². The van der Waals surface area contributed by atoms with E-state index < -0.39 is 0 Å². The SMILES string of the molecule is CCSc1sc(C(=O)NC2CC2)c(N)c1SC. The summed E-state index contributed by atoms with van der Waals surface area (Å²) in [5.74, 6) is 0.991. The van der Waals surface area contributed by atoms with E-state index in [1.807, 2.05) is 6.26 Å². The Bertz CT molecular complexity index is 427. The van der Waals surface area contributed by atoms with E-state index in [2.05, 4.69) is 12.2 Å². The summed E-state index contributed by atoms with van der Waals surface area (Å²) in [6, 6.07) is 0.379. The fourth-order valence-electron chi connectivity index (χ4n) is 1.47. The summed E-state index contributed by atoms with van der Waals surface area (Å²) >= 11 is 4.89. The molecule has 1 aliphatic carbocycles. The second-order valence-electron chi connectivity index (χ2n) is 3.85. The fraction of sp³-hybridized carbons (Fsp3) is 0.545. The predicted molar refractivity (Wildman–Crippen MR) is 77.4 cm³/mol. The highest BCUT2D eigenvalue weighted by Crippen LogP contribution is 2.43. The molecule has 0 aliphatic heterocycles. The van der Waals surface area contributed by atoms with Crippen molar-refractivity contribution in [3.63, 3.8) is 0 Å². The van der Waals surface area contributed by atoms with Crippen molar-refractivity contribution in [2.45, 2.75) is 34.9 Å². The lowest BCUT2D eigenvalue weighted by Crippen LogP contribution is -2.25. The molecule has 0 saturated heterocycles. The number of nitrogens with one attached hydrogen (secondary N) is 1. The van der Waals surface area contributed by atoms with Crippen LogP contribution < -0.4 is 11.1 Å². The second-order valence-corrected chi connectivity index (χ2v) is 7.22. The first-order chi connectivity index (χ1) is 8.17. The summed E-state index contributed by atoms with van der Waals surface area (Å²) in [6.45, 7) is 2.11. The van der Waals surface area contributed by atoms with Gasteiger partial charge in [-0.25, -0.2) is 0 Å². The van der Waals surface area contributed by atoms with Crippen LogP contribution in [0.2, 0.25) is 0 Å². The van der Waals surface area contributed by atoms with Crippen molar-refractivity contribution in [2.75, 3.05) is 17.7 Å². The van der Waals surface area contributed by atoms with Crippen LogP contribution in [0.25, 0.3) is 0 Å². The van der Waals surface area contributed by atoms with Crippen LogP contribution >= 0.6 is 34.9 Å². The normalized spacial score (nSPS) is 14.9. The Morgan fingerprint density at radius 2 is 2.29 bits per heavy atom. The molecular weight excluding hydrogens is 272 g/mol. The summed E-state index contributed by atoms with van der Waals surface area (Å²) in [4.78, 5) is 13.7. The first-order valence-corrected chi connectivity index (χ1v) is 8.60. The molecule has 1 aromatic heterocycles. The fourth-order valence-corrected chi connectivity index (χ4v) is 4.92. The monoisotopic (exact) mass is 288 g/mol. The van der Waals surface area contributed by atoms with E-state index in [-0.39, 0.29) is 5.91 Å². The van der Waals surface area contributed by atoms with Crippen LogP contribution in [-0.2, 0) is 0 Å². The second kappa shape index (κ2) is 5.54. The van der Waals surface area contributed by atoms with Crippen LogP contribution in [0.3, 0.4) is 0 Å². The van der Waals surface area contributed by atoms with Gasteiger partial charge in [-0.15, -0.1) is 34.9 Å². The maximum atomic E-state index is 12.0. The number of anilines is 1. The molecule has 1 fully saturated rings. The highest BCUT2D eigenvalue weighted by Gasteiger charge is 2.27. The van der Waals surface area contributed by atoms with Crippen LogP contribution in [0, 0.1) is 0 Å². The van der Waals surface area contributed by atoms with Gasteiger partial charge in [0.2, 0.25) is 0 Å². The number of thioether (sulfide) groups is 2. The van der Waals surface area contributed by atoms with E-state index in [1.165, 1.54) is 15.5 Å². The van der Waals surface area contributed by atoms with Crippen LogP contribution in [0.4, 0.5) is 5.69 Å². The first-order valence-electron chi connectivity index (χ1n) is 5.57. The molecule has 1 aromatic rings. The zero-order valence-electron chi connectivity index (χ0n) is 9.91. The van der Waals surface area contributed by atoms with E-state index in [9.17, 15) is 4.79 Å². The number of rotatable bonds is 5. The summed E-state index contributed by atoms with van der Waals surface area (Å²) in [5, 5.41) is 2.99. The van der Waals surface area contributed by atoms with Gasteiger partial charge in [0.1, 0.15) is 4.88 Å². The van der Waals surface area contributed by atoms with Gasteiger partial charge in [0.15, 0.2) is 0 Å². The summed E-state index contributed by atoms with van der Waals surface area (Å²) in [6.07, 6.45) is 4.20. The molecule has 0 radical (unpaired) electrons. The van der Waals surface area contributed by atoms with E-state index in [1.54, 1.807) is 23.5 Å². The van der Waals surface area contributed by atoms with Gasteiger partial charge >= 0.3 is 0 Å². The summed E-state index contributed by atoms with van der Waals surface area (Å²) < 4.78 is 1.17. The minimum atomic E-state index is -0.00625. The smallest absolute Gasteiger partial charge is 0.263 e. The van der Waals surface area contributed by atoms with E-state index in [0.29, 0.717) is 16.6 Å². The van der Waals surface area contributed by atoms with E-state index in [0.717, 1.165) is 23.5 Å². The zero-order chi connectivity index (χ0) is 12.4. The lowest BCUT2D eigenvalue weighted by atomic mass is 10.4. The molecule has 3 nitrogen and oxygen atoms in total. The Morgan fingerprint density at radius 3 is 2.82 bits per heavy atom. The largest absolute Gasteiger partial charge is 0.396 e. The Balaban J connectivity index is 2.23. The van der Waals surface area contributed by atoms with Gasteiger partial charge < -0.3 is 11.1 Å². The van der Waals surface area contributed by atoms with Gasteiger partial charge in [-0.05, 0) is 24.9 Å². The highest BCUT2D eigenvalue weighted by molar-refractivity contribution is 8.03. The van der Waals surface area contributed by atoms with Crippen molar-refractivity contribution in [1.29, 1.82) is 0 Å². The van der Waals surface area contributed by atoms with Crippen LogP contribution in [0.5, 0.6) is 0 Å². The van der Waals surface area contributed by atoms with Crippen molar-refractivity contribution in [3.8, 4) is 0 Å². The van der Waals surface area contributed by atoms with Crippen molar-refractivity contribution < 1.29 is 4.79 Å². The minimum absolute atomic E-state index is 0.00625. The number of nitrogen functional groups attached to an aromatic ring is 1. The lowest BCUT2D eigenvalue weighted by molar-refractivity contribution is 0.0956. The average molecular weight is 288 g/mol. The molecule has 1 heterocycles. The molecular formula is C11H16N2OS3. The van der Waals surface area contributed by atoms with Gasteiger partial charge in [0.25, 0.3) is 5.91 Å². The van der Waals surface area contributed by atoms with Crippen LogP contribution in [0.15, 0.2) is 9.10 Å². The number of nitrogens with two attached hydrogens (primary N) is 1. The standard InChI is InChI=1S/C11H16N2OS3/c1-3-16-11-9(15-2)7(12)8(17-11)10(14)13-6-4-5-6/h6H,3-5,12H2,1-2H3,(H,13,14). The summed E-state index contributed by atoms with van der Waals surface area (Å²) in [7, 11) is 0. The predicted octanol–water partition coefficient (Wildman–Crippen LogP) is 3.06. The van der Waals surface area contributed by atoms with Crippen molar-refractivity contribution >= 4 is 46.5 Å². The third kappa shape index (κ3) is 2.92. The number of carbonyl (C=O) groups excluding carboxylic acids is 1. The number of hydrogen-bond donors (Lipinski definition) is 2. The van der Waals surface area contributed by atoms with Gasteiger partial charge in [-0.3, -0.25) is 4.79 Å². The van der Waals surface area contributed by atoms with Crippen LogP contribution in [0.1, 0.15) is 29.4 Å². The molecule has 6 heteroatoms. The minimum Gasteiger partial charge on any atom is -0.396 e. The van der Waals surface area contributed by atoms with Gasteiger partial charge in [-0.2, -0.15) is 0 Å². The maximum absolute atomic E-state index is 12.0. The number of carbonyl (C=O) groups is 1. The topological polar surface area (TPSA) is 55.1 Å². The lowest BCUT2D eigenvalue weighted by Gasteiger charge is -2.01.